The van der Waals surface area contributed by atoms with E-state index in [1.165, 1.54) is 0 Å². The SMILES string of the molecule is CC(C)c1nn(C)c(NC(C)c2ccccn2)c1N. The van der Waals surface area contributed by atoms with E-state index in [4.69, 9.17) is 5.73 Å². The number of aryl methyl sites for hydroxylation is 1. The number of nitrogens with one attached hydrogen (secondary N) is 1. The molecule has 102 valence electrons. The van der Waals surface area contributed by atoms with E-state index in [2.05, 4.69) is 36.2 Å². The van der Waals surface area contributed by atoms with Gasteiger partial charge in [-0.25, -0.2) is 0 Å². The average Bonchev–Trinajstić information content (AvgIpc) is 2.68. The molecule has 0 aromatic carbocycles. The summed E-state index contributed by atoms with van der Waals surface area (Å²) < 4.78 is 1.80. The predicted molar refractivity (Wildman–Crippen MR) is 78.0 cm³/mol. The van der Waals surface area contributed by atoms with Crippen molar-refractivity contribution in [2.24, 2.45) is 7.05 Å². The van der Waals surface area contributed by atoms with Gasteiger partial charge in [-0.1, -0.05) is 19.9 Å². The molecule has 2 rings (SSSR count). The molecule has 1 unspecified atom stereocenters. The number of anilines is 2. The summed E-state index contributed by atoms with van der Waals surface area (Å²) in [6.45, 7) is 6.24. The van der Waals surface area contributed by atoms with Crippen molar-refractivity contribution in [1.82, 2.24) is 14.8 Å². The average molecular weight is 259 g/mol. The molecule has 19 heavy (non-hydrogen) atoms. The van der Waals surface area contributed by atoms with Gasteiger partial charge in [0, 0.05) is 13.2 Å². The Kier molecular flexibility index (Phi) is 3.74. The monoisotopic (exact) mass is 259 g/mol. The zero-order chi connectivity index (χ0) is 14.0. The molecule has 0 amide bonds. The number of nitrogen functional groups attached to an aromatic ring is 1. The van der Waals surface area contributed by atoms with Gasteiger partial charge in [0.05, 0.1) is 23.1 Å². The highest BCUT2D eigenvalue weighted by Gasteiger charge is 2.18. The van der Waals surface area contributed by atoms with Crippen molar-refractivity contribution in [2.75, 3.05) is 11.1 Å². The lowest BCUT2D eigenvalue weighted by atomic mass is 10.1. The van der Waals surface area contributed by atoms with E-state index in [0.29, 0.717) is 5.92 Å². The predicted octanol–water partition coefficient (Wildman–Crippen LogP) is 2.69. The molecule has 0 aliphatic heterocycles. The van der Waals surface area contributed by atoms with E-state index < -0.39 is 0 Å². The van der Waals surface area contributed by atoms with Crippen LogP contribution in [-0.2, 0) is 7.05 Å². The zero-order valence-electron chi connectivity index (χ0n) is 11.9. The first kappa shape index (κ1) is 13.4. The van der Waals surface area contributed by atoms with Crippen LogP contribution >= 0.6 is 0 Å². The number of pyridine rings is 1. The van der Waals surface area contributed by atoms with Crippen molar-refractivity contribution in [1.29, 1.82) is 0 Å². The van der Waals surface area contributed by atoms with Crippen LogP contribution in [0, 0.1) is 0 Å². The number of aromatic nitrogens is 3. The molecule has 0 aliphatic rings. The Morgan fingerprint density at radius 2 is 2.00 bits per heavy atom. The smallest absolute Gasteiger partial charge is 0.148 e. The van der Waals surface area contributed by atoms with Gasteiger partial charge in [-0.3, -0.25) is 9.67 Å². The molecule has 0 spiro atoms. The van der Waals surface area contributed by atoms with Crippen LogP contribution in [0.3, 0.4) is 0 Å². The lowest BCUT2D eigenvalue weighted by molar-refractivity contribution is 0.706. The highest BCUT2D eigenvalue weighted by molar-refractivity contribution is 5.66. The van der Waals surface area contributed by atoms with E-state index >= 15 is 0 Å². The fourth-order valence-electron chi connectivity index (χ4n) is 2.07. The first-order valence-corrected chi connectivity index (χ1v) is 6.50. The molecule has 1 atom stereocenters. The van der Waals surface area contributed by atoms with Crippen LogP contribution in [-0.4, -0.2) is 14.8 Å². The number of nitrogens with two attached hydrogens (primary N) is 1. The third-order valence-corrected chi connectivity index (χ3v) is 3.14. The van der Waals surface area contributed by atoms with E-state index in [9.17, 15) is 0 Å². The van der Waals surface area contributed by atoms with Crippen LogP contribution in [0.5, 0.6) is 0 Å². The van der Waals surface area contributed by atoms with Crippen LogP contribution < -0.4 is 11.1 Å². The van der Waals surface area contributed by atoms with Crippen molar-refractivity contribution in [3.05, 3.63) is 35.8 Å². The first-order valence-electron chi connectivity index (χ1n) is 6.50. The van der Waals surface area contributed by atoms with E-state index in [1.807, 2.05) is 25.2 Å². The lowest BCUT2D eigenvalue weighted by Gasteiger charge is -2.15. The quantitative estimate of drug-likeness (QED) is 0.885. The van der Waals surface area contributed by atoms with Crippen molar-refractivity contribution in [3.63, 3.8) is 0 Å². The minimum atomic E-state index is 0.0823. The van der Waals surface area contributed by atoms with Crippen LogP contribution in [0.4, 0.5) is 11.5 Å². The molecule has 5 heteroatoms. The minimum Gasteiger partial charge on any atom is -0.394 e. The number of hydrogen-bond acceptors (Lipinski definition) is 4. The molecule has 0 aliphatic carbocycles. The Morgan fingerprint density at radius 3 is 2.53 bits per heavy atom. The summed E-state index contributed by atoms with van der Waals surface area (Å²) in [5, 5.41) is 7.85. The standard InChI is InChI=1S/C14H21N5/c1-9(2)13-12(15)14(19(4)18-13)17-10(3)11-7-5-6-8-16-11/h5-10,17H,15H2,1-4H3. The number of hydrogen-bond donors (Lipinski definition) is 2. The maximum atomic E-state index is 6.17. The number of rotatable bonds is 4. The number of nitrogens with zero attached hydrogens (tertiary/aromatic N) is 3. The third kappa shape index (κ3) is 2.70. The van der Waals surface area contributed by atoms with Crippen molar-refractivity contribution in [3.8, 4) is 0 Å². The fraction of sp³-hybridized carbons (Fsp3) is 0.429. The molecule has 2 aromatic heterocycles. The summed E-state index contributed by atoms with van der Waals surface area (Å²) in [5.74, 6) is 1.16. The van der Waals surface area contributed by atoms with E-state index in [-0.39, 0.29) is 6.04 Å². The van der Waals surface area contributed by atoms with Crippen LogP contribution in [0.25, 0.3) is 0 Å². The second-order valence-electron chi connectivity index (χ2n) is 5.05. The van der Waals surface area contributed by atoms with Gasteiger partial charge >= 0.3 is 0 Å². The third-order valence-electron chi connectivity index (χ3n) is 3.14. The summed E-state index contributed by atoms with van der Waals surface area (Å²) in [6, 6.07) is 5.96. The summed E-state index contributed by atoms with van der Waals surface area (Å²) in [4.78, 5) is 4.34. The van der Waals surface area contributed by atoms with Gasteiger partial charge in [0.15, 0.2) is 0 Å². The van der Waals surface area contributed by atoms with Crippen LogP contribution in [0.1, 0.15) is 44.1 Å². The Hall–Kier alpha value is -2.04. The maximum Gasteiger partial charge on any atom is 0.148 e. The van der Waals surface area contributed by atoms with Gasteiger partial charge in [-0.05, 0) is 25.0 Å². The second-order valence-corrected chi connectivity index (χ2v) is 5.05. The Labute approximate surface area is 113 Å². The summed E-state index contributed by atoms with van der Waals surface area (Å²) in [6.07, 6.45) is 1.79. The van der Waals surface area contributed by atoms with E-state index in [0.717, 1.165) is 22.9 Å². The molecule has 2 heterocycles. The minimum absolute atomic E-state index is 0.0823. The lowest BCUT2D eigenvalue weighted by Crippen LogP contribution is -2.12. The fourth-order valence-corrected chi connectivity index (χ4v) is 2.07. The van der Waals surface area contributed by atoms with Gasteiger partial charge in [0.2, 0.25) is 0 Å². The molecule has 5 nitrogen and oxygen atoms in total. The largest absolute Gasteiger partial charge is 0.394 e. The van der Waals surface area contributed by atoms with Gasteiger partial charge in [-0.2, -0.15) is 5.10 Å². The molecule has 0 saturated heterocycles. The Bertz CT molecular complexity index is 544. The molecule has 3 N–H and O–H groups in total. The molecular weight excluding hydrogens is 238 g/mol. The zero-order valence-corrected chi connectivity index (χ0v) is 11.9. The molecule has 0 fully saturated rings. The van der Waals surface area contributed by atoms with Gasteiger partial charge in [-0.15, -0.1) is 0 Å². The molecule has 2 aromatic rings. The maximum absolute atomic E-state index is 6.17. The highest BCUT2D eigenvalue weighted by Crippen LogP contribution is 2.29. The van der Waals surface area contributed by atoms with Crippen LogP contribution in [0.2, 0.25) is 0 Å². The van der Waals surface area contributed by atoms with Gasteiger partial charge in [0.1, 0.15) is 5.82 Å². The topological polar surface area (TPSA) is 68.8 Å². The van der Waals surface area contributed by atoms with Crippen LogP contribution in [0.15, 0.2) is 24.4 Å². The Morgan fingerprint density at radius 1 is 1.26 bits per heavy atom. The normalized spacial score (nSPS) is 12.7. The molecular formula is C14H21N5. The van der Waals surface area contributed by atoms with Crippen molar-refractivity contribution >= 4 is 11.5 Å². The Balaban J connectivity index is 2.24. The highest BCUT2D eigenvalue weighted by atomic mass is 15.3. The molecule has 0 bridgehead atoms. The van der Waals surface area contributed by atoms with Gasteiger partial charge in [0.25, 0.3) is 0 Å². The second kappa shape index (κ2) is 5.30. The van der Waals surface area contributed by atoms with E-state index in [1.54, 1.807) is 10.9 Å². The molecule has 0 saturated carbocycles. The van der Waals surface area contributed by atoms with Gasteiger partial charge < -0.3 is 11.1 Å². The van der Waals surface area contributed by atoms with Crippen molar-refractivity contribution in [2.45, 2.75) is 32.7 Å². The molecule has 0 radical (unpaired) electrons. The summed E-state index contributed by atoms with van der Waals surface area (Å²) in [7, 11) is 1.90. The van der Waals surface area contributed by atoms with Crippen molar-refractivity contribution < 1.29 is 0 Å². The summed E-state index contributed by atoms with van der Waals surface area (Å²) >= 11 is 0. The summed E-state index contributed by atoms with van der Waals surface area (Å²) in [5.41, 5.74) is 8.80. The first-order chi connectivity index (χ1) is 9.00.